The molecule has 0 aliphatic rings. The fraction of sp³-hybridized carbons (Fsp3) is 0. The van der Waals surface area contributed by atoms with Crippen molar-refractivity contribution in [2.75, 3.05) is 0 Å². The van der Waals surface area contributed by atoms with Gasteiger partial charge in [0.2, 0.25) is 5.82 Å². The van der Waals surface area contributed by atoms with Crippen LogP contribution in [0.3, 0.4) is 0 Å². The molecule has 7 heteroatoms. The molecule has 2 N–H and O–H groups in total. The number of rotatable bonds is 2. The average Bonchev–Trinajstić information content (AvgIpc) is 2.02. The SMILES string of the molecule is O=C(O)c1ccc(O)c([N+](=O)[O-])c1F. The topological polar surface area (TPSA) is 101 Å². The molecule has 1 rings (SSSR count). The summed E-state index contributed by atoms with van der Waals surface area (Å²) < 4.78 is 13.1. The lowest BCUT2D eigenvalue weighted by Gasteiger charge is -1.99. The first-order valence-electron chi connectivity index (χ1n) is 3.34. The molecule has 0 heterocycles. The van der Waals surface area contributed by atoms with Crippen molar-refractivity contribution in [3.63, 3.8) is 0 Å². The summed E-state index contributed by atoms with van der Waals surface area (Å²) in [5, 5.41) is 27.5. The van der Waals surface area contributed by atoms with E-state index in [4.69, 9.17) is 10.2 Å². The lowest BCUT2D eigenvalue weighted by Crippen LogP contribution is -2.03. The van der Waals surface area contributed by atoms with Gasteiger partial charge < -0.3 is 10.2 Å². The Labute approximate surface area is 76.4 Å². The Morgan fingerprint density at radius 2 is 2.07 bits per heavy atom. The summed E-state index contributed by atoms with van der Waals surface area (Å²) in [5.74, 6) is -4.09. The minimum atomic E-state index is -1.63. The Morgan fingerprint density at radius 1 is 1.50 bits per heavy atom. The largest absolute Gasteiger partial charge is 0.502 e. The number of nitro benzene ring substituents is 1. The molecule has 0 amide bonds. The van der Waals surface area contributed by atoms with Crippen LogP contribution in [0.1, 0.15) is 10.4 Å². The van der Waals surface area contributed by atoms with E-state index < -0.39 is 33.7 Å². The lowest BCUT2D eigenvalue weighted by atomic mass is 10.1. The van der Waals surface area contributed by atoms with Gasteiger partial charge in [-0.25, -0.2) is 4.79 Å². The van der Waals surface area contributed by atoms with Crippen molar-refractivity contribution in [2.24, 2.45) is 0 Å². The van der Waals surface area contributed by atoms with Crippen molar-refractivity contribution in [2.45, 2.75) is 0 Å². The number of benzene rings is 1. The molecule has 1 aromatic carbocycles. The number of nitrogens with zero attached hydrogens (tertiary/aromatic N) is 1. The van der Waals surface area contributed by atoms with Gasteiger partial charge in [-0.15, -0.1) is 0 Å². The molecule has 0 saturated carbocycles. The summed E-state index contributed by atoms with van der Waals surface area (Å²) in [4.78, 5) is 19.4. The molecule has 0 aliphatic carbocycles. The lowest BCUT2D eigenvalue weighted by molar-refractivity contribution is -0.388. The number of hydrogen-bond donors (Lipinski definition) is 2. The quantitative estimate of drug-likeness (QED) is 0.551. The number of phenolic OH excluding ortho intramolecular Hbond substituents is 1. The van der Waals surface area contributed by atoms with Gasteiger partial charge in [-0.1, -0.05) is 0 Å². The zero-order valence-corrected chi connectivity index (χ0v) is 6.60. The Balaban J connectivity index is 3.49. The maximum Gasteiger partial charge on any atom is 0.346 e. The second kappa shape index (κ2) is 3.29. The van der Waals surface area contributed by atoms with Gasteiger partial charge in [0.05, 0.1) is 4.92 Å². The summed E-state index contributed by atoms with van der Waals surface area (Å²) in [7, 11) is 0. The fourth-order valence-corrected chi connectivity index (χ4v) is 0.893. The molecule has 0 saturated heterocycles. The van der Waals surface area contributed by atoms with Crippen LogP contribution in [0.4, 0.5) is 10.1 Å². The van der Waals surface area contributed by atoms with Gasteiger partial charge >= 0.3 is 11.7 Å². The number of carbonyl (C=O) groups is 1. The second-order valence-electron chi connectivity index (χ2n) is 2.36. The highest BCUT2D eigenvalue weighted by molar-refractivity contribution is 5.89. The summed E-state index contributed by atoms with van der Waals surface area (Å²) in [6, 6.07) is 1.50. The number of hydrogen-bond acceptors (Lipinski definition) is 4. The Hall–Kier alpha value is -2.18. The first-order chi connectivity index (χ1) is 6.45. The van der Waals surface area contributed by atoms with Crippen molar-refractivity contribution in [1.82, 2.24) is 0 Å². The number of nitro groups is 1. The Bertz CT molecular complexity index is 417. The average molecular weight is 201 g/mol. The van der Waals surface area contributed by atoms with E-state index in [0.29, 0.717) is 0 Å². The highest BCUT2D eigenvalue weighted by atomic mass is 19.1. The second-order valence-corrected chi connectivity index (χ2v) is 2.36. The van der Waals surface area contributed by atoms with E-state index in [1.807, 2.05) is 0 Å². The molecule has 0 unspecified atom stereocenters. The summed E-state index contributed by atoms with van der Waals surface area (Å²) in [6.07, 6.45) is 0. The van der Waals surface area contributed by atoms with Gasteiger partial charge in [0.15, 0.2) is 5.75 Å². The van der Waals surface area contributed by atoms with Crippen molar-refractivity contribution < 1.29 is 24.3 Å². The highest BCUT2D eigenvalue weighted by Gasteiger charge is 2.26. The number of aromatic carboxylic acids is 1. The molecule has 0 bridgehead atoms. The number of halogens is 1. The van der Waals surface area contributed by atoms with Crippen LogP contribution in [-0.4, -0.2) is 21.1 Å². The molecular formula is C7H4FNO5. The number of carboxylic acids is 1. The molecule has 1 aromatic rings. The molecule has 0 atom stereocenters. The molecule has 0 radical (unpaired) electrons. The van der Waals surface area contributed by atoms with Gasteiger partial charge in [0.25, 0.3) is 0 Å². The summed E-state index contributed by atoms with van der Waals surface area (Å²) in [6.45, 7) is 0. The maximum absolute atomic E-state index is 13.1. The van der Waals surface area contributed by atoms with E-state index in [2.05, 4.69) is 0 Å². The Kier molecular flexibility index (Phi) is 2.32. The fourth-order valence-electron chi connectivity index (χ4n) is 0.893. The molecular weight excluding hydrogens is 197 g/mol. The van der Waals surface area contributed by atoms with Gasteiger partial charge in [-0.3, -0.25) is 10.1 Å². The molecule has 0 spiro atoms. The van der Waals surface area contributed by atoms with Crippen molar-refractivity contribution in [3.8, 4) is 5.75 Å². The molecule has 74 valence electrons. The smallest absolute Gasteiger partial charge is 0.346 e. The molecule has 0 aromatic heterocycles. The van der Waals surface area contributed by atoms with Crippen LogP contribution in [0.5, 0.6) is 5.75 Å². The summed E-state index contributed by atoms with van der Waals surface area (Å²) >= 11 is 0. The third kappa shape index (κ3) is 1.47. The van der Waals surface area contributed by atoms with Gasteiger partial charge in [-0.2, -0.15) is 4.39 Å². The Morgan fingerprint density at radius 3 is 2.50 bits per heavy atom. The van der Waals surface area contributed by atoms with Crippen LogP contribution in [0, 0.1) is 15.9 Å². The van der Waals surface area contributed by atoms with Crippen LogP contribution >= 0.6 is 0 Å². The van der Waals surface area contributed by atoms with Crippen molar-refractivity contribution in [1.29, 1.82) is 0 Å². The monoisotopic (exact) mass is 201 g/mol. The third-order valence-electron chi connectivity index (χ3n) is 1.51. The van der Waals surface area contributed by atoms with Crippen LogP contribution in [-0.2, 0) is 0 Å². The van der Waals surface area contributed by atoms with E-state index >= 15 is 0 Å². The predicted molar refractivity (Wildman–Crippen MR) is 41.7 cm³/mol. The normalized spacial score (nSPS) is 9.79. The number of aromatic hydroxyl groups is 1. The van der Waals surface area contributed by atoms with Crippen molar-refractivity contribution >= 4 is 11.7 Å². The van der Waals surface area contributed by atoms with Gasteiger partial charge in [-0.05, 0) is 12.1 Å². The molecule has 0 fully saturated rings. The highest BCUT2D eigenvalue weighted by Crippen LogP contribution is 2.30. The maximum atomic E-state index is 13.1. The van der Waals surface area contributed by atoms with Crippen molar-refractivity contribution in [3.05, 3.63) is 33.6 Å². The van der Waals surface area contributed by atoms with Crippen LogP contribution < -0.4 is 0 Å². The van der Waals surface area contributed by atoms with Gasteiger partial charge in [0.1, 0.15) is 5.56 Å². The minimum absolute atomic E-state index is 0.750. The minimum Gasteiger partial charge on any atom is -0.502 e. The standard InChI is InChI=1S/C7H4FNO5/c8-5-3(7(11)12)1-2-4(10)6(5)9(13)14/h1-2,10H,(H,11,12). The van der Waals surface area contributed by atoms with Crippen LogP contribution in [0.25, 0.3) is 0 Å². The van der Waals surface area contributed by atoms with Gasteiger partial charge in [0, 0.05) is 0 Å². The predicted octanol–water partition coefficient (Wildman–Crippen LogP) is 1.14. The van der Waals surface area contributed by atoms with E-state index in [0.717, 1.165) is 12.1 Å². The molecule has 14 heavy (non-hydrogen) atoms. The van der Waals surface area contributed by atoms with E-state index in [-0.39, 0.29) is 0 Å². The first-order valence-corrected chi connectivity index (χ1v) is 3.34. The number of phenols is 1. The zero-order chi connectivity index (χ0) is 10.9. The van der Waals surface area contributed by atoms with E-state index in [9.17, 15) is 19.3 Å². The van der Waals surface area contributed by atoms with Crippen LogP contribution in [0.15, 0.2) is 12.1 Å². The molecule has 6 nitrogen and oxygen atoms in total. The first kappa shape index (κ1) is 9.90. The number of carboxylic acid groups (broad SMARTS) is 1. The van der Waals surface area contributed by atoms with E-state index in [1.165, 1.54) is 0 Å². The van der Waals surface area contributed by atoms with E-state index in [1.54, 1.807) is 0 Å². The molecule has 0 aliphatic heterocycles. The summed E-state index contributed by atoms with van der Waals surface area (Å²) in [5.41, 5.74) is -2.08. The van der Waals surface area contributed by atoms with Crippen LogP contribution in [0.2, 0.25) is 0 Å². The third-order valence-corrected chi connectivity index (χ3v) is 1.51. The zero-order valence-electron chi connectivity index (χ0n) is 6.60.